The minimum atomic E-state index is -2.90. The van der Waals surface area contributed by atoms with Gasteiger partial charge in [-0.1, -0.05) is 19.1 Å². The van der Waals surface area contributed by atoms with Crippen molar-refractivity contribution < 1.29 is 12.8 Å². The van der Waals surface area contributed by atoms with Crippen LogP contribution in [0.3, 0.4) is 0 Å². The fourth-order valence-corrected chi connectivity index (χ4v) is 2.96. The van der Waals surface area contributed by atoms with Crippen LogP contribution in [0.15, 0.2) is 24.3 Å². The van der Waals surface area contributed by atoms with Crippen molar-refractivity contribution in [1.29, 1.82) is 0 Å². The first-order chi connectivity index (χ1) is 8.98. The standard InChI is InChI=1S/C14H22FNO2S/c1-3-19(17,18)10-4-5-13(11-16-2)12-6-8-14(15)9-7-12/h6-9,13,16H,3-5,10-11H2,1-2H3. The molecule has 1 unspecified atom stereocenters. The van der Waals surface area contributed by atoms with E-state index in [1.165, 1.54) is 12.1 Å². The molecule has 0 amide bonds. The van der Waals surface area contributed by atoms with Crippen molar-refractivity contribution in [3.05, 3.63) is 35.6 Å². The van der Waals surface area contributed by atoms with Crippen molar-refractivity contribution in [3.63, 3.8) is 0 Å². The van der Waals surface area contributed by atoms with Crippen LogP contribution in [0.4, 0.5) is 4.39 Å². The Bertz CT molecular complexity index is 471. The van der Waals surface area contributed by atoms with Crippen molar-refractivity contribution in [2.75, 3.05) is 25.1 Å². The second-order valence-electron chi connectivity index (χ2n) is 4.68. The first-order valence-electron chi connectivity index (χ1n) is 6.59. The molecule has 0 spiro atoms. The SMILES string of the molecule is CCS(=O)(=O)CCCC(CNC)c1ccc(F)cc1. The van der Waals surface area contributed by atoms with Crippen LogP contribution in [0.1, 0.15) is 31.2 Å². The van der Waals surface area contributed by atoms with E-state index >= 15 is 0 Å². The maximum Gasteiger partial charge on any atom is 0.150 e. The van der Waals surface area contributed by atoms with Crippen molar-refractivity contribution in [2.45, 2.75) is 25.7 Å². The third-order valence-corrected chi connectivity index (χ3v) is 5.03. The van der Waals surface area contributed by atoms with E-state index in [9.17, 15) is 12.8 Å². The van der Waals surface area contributed by atoms with Gasteiger partial charge in [-0.2, -0.15) is 0 Å². The third-order valence-electron chi connectivity index (χ3n) is 3.24. The van der Waals surface area contributed by atoms with Crippen molar-refractivity contribution in [1.82, 2.24) is 5.32 Å². The Labute approximate surface area is 115 Å². The van der Waals surface area contributed by atoms with E-state index in [0.29, 0.717) is 6.42 Å². The van der Waals surface area contributed by atoms with E-state index in [1.807, 2.05) is 7.05 Å². The number of benzene rings is 1. The zero-order chi connectivity index (χ0) is 14.3. The van der Waals surface area contributed by atoms with Crippen molar-refractivity contribution in [3.8, 4) is 0 Å². The van der Waals surface area contributed by atoms with Gasteiger partial charge in [0.1, 0.15) is 15.7 Å². The van der Waals surface area contributed by atoms with Gasteiger partial charge in [0.15, 0.2) is 0 Å². The Kier molecular flexibility index (Phi) is 6.45. The highest BCUT2D eigenvalue weighted by Crippen LogP contribution is 2.21. The second-order valence-corrected chi connectivity index (χ2v) is 7.16. The topological polar surface area (TPSA) is 46.2 Å². The molecule has 0 aliphatic heterocycles. The fraction of sp³-hybridized carbons (Fsp3) is 0.571. The minimum Gasteiger partial charge on any atom is -0.319 e. The molecule has 3 nitrogen and oxygen atoms in total. The summed E-state index contributed by atoms with van der Waals surface area (Å²) in [5.41, 5.74) is 1.05. The van der Waals surface area contributed by atoms with Crippen LogP contribution in [0.5, 0.6) is 0 Å². The van der Waals surface area contributed by atoms with Gasteiger partial charge in [-0.3, -0.25) is 0 Å². The summed E-state index contributed by atoms with van der Waals surface area (Å²) in [6, 6.07) is 6.43. The number of likely N-dealkylation sites (N-methyl/N-ethyl adjacent to an activating group) is 1. The Morgan fingerprint density at radius 1 is 1.26 bits per heavy atom. The van der Waals surface area contributed by atoms with Gasteiger partial charge < -0.3 is 5.32 Å². The smallest absolute Gasteiger partial charge is 0.150 e. The summed E-state index contributed by atoms with van der Waals surface area (Å²) in [5.74, 6) is 0.392. The molecule has 1 aromatic carbocycles. The minimum absolute atomic E-state index is 0.195. The highest BCUT2D eigenvalue weighted by molar-refractivity contribution is 7.91. The lowest BCUT2D eigenvalue weighted by Crippen LogP contribution is -2.18. The maximum atomic E-state index is 12.9. The molecule has 0 radical (unpaired) electrons. The summed E-state index contributed by atoms with van der Waals surface area (Å²) >= 11 is 0. The van der Waals surface area contributed by atoms with Crippen LogP contribution < -0.4 is 5.32 Å². The number of nitrogens with one attached hydrogen (secondary N) is 1. The predicted molar refractivity (Wildman–Crippen MR) is 76.6 cm³/mol. The summed E-state index contributed by atoms with van der Waals surface area (Å²) in [4.78, 5) is 0. The van der Waals surface area contributed by atoms with Gasteiger partial charge >= 0.3 is 0 Å². The summed E-state index contributed by atoms with van der Waals surface area (Å²) in [5, 5.41) is 3.10. The molecule has 0 heterocycles. The normalized spacial score (nSPS) is 13.4. The average molecular weight is 287 g/mol. The number of sulfone groups is 1. The molecular weight excluding hydrogens is 265 g/mol. The van der Waals surface area contributed by atoms with Crippen LogP contribution in [0, 0.1) is 5.82 Å². The summed E-state index contributed by atoms with van der Waals surface area (Å²) in [7, 11) is -1.04. The molecule has 0 fully saturated rings. The highest BCUT2D eigenvalue weighted by atomic mass is 32.2. The van der Waals surface area contributed by atoms with Crippen molar-refractivity contribution in [2.24, 2.45) is 0 Å². The second kappa shape index (κ2) is 7.60. The lowest BCUT2D eigenvalue weighted by atomic mass is 9.94. The van der Waals surface area contributed by atoms with Gasteiger partial charge in [0, 0.05) is 12.3 Å². The van der Waals surface area contributed by atoms with Gasteiger partial charge in [-0.25, -0.2) is 12.8 Å². The highest BCUT2D eigenvalue weighted by Gasteiger charge is 2.13. The molecule has 0 bridgehead atoms. The molecule has 108 valence electrons. The summed E-state index contributed by atoms with van der Waals surface area (Å²) in [6.07, 6.45) is 1.42. The summed E-state index contributed by atoms with van der Waals surface area (Å²) in [6.45, 7) is 2.43. The van der Waals surface area contributed by atoms with Gasteiger partial charge in [0.05, 0.1) is 5.75 Å². The molecule has 5 heteroatoms. The van der Waals surface area contributed by atoms with Crippen LogP contribution >= 0.6 is 0 Å². The lowest BCUT2D eigenvalue weighted by molar-refractivity contribution is 0.561. The van der Waals surface area contributed by atoms with Crippen molar-refractivity contribution >= 4 is 9.84 Å². The van der Waals surface area contributed by atoms with E-state index in [4.69, 9.17) is 0 Å². The first-order valence-corrected chi connectivity index (χ1v) is 8.41. The van der Waals surface area contributed by atoms with Crippen LogP contribution in [-0.4, -0.2) is 33.5 Å². The van der Waals surface area contributed by atoms with Crippen LogP contribution in [0.25, 0.3) is 0 Å². The Balaban J connectivity index is 2.61. The van der Waals surface area contributed by atoms with E-state index in [1.54, 1.807) is 19.1 Å². The molecular formula is C14H22FNO2S. The van der Waals surface area contributed by atoms with Crippen LogP contribution in [-0.2, 0) is 9.84 Å². The number of hydrogen-bond acceptors (Lipinski definition) is 3. The molecule has 1 aromatic rings. The predicted octanol–water partition coefficient (Wildman–Crippen LogP) is 2.34. The number of halogens is 1. The van der Waals surface area contributed by atoms with Gasteiger partial charge in [-0.15, -0.1) is 0 Å². The first kappa shape index (κ1) is 16.1. The molecule has 1 N–H and O–H groups in total. The number of rotatable bonds is 8. The van der Waals surface area contributed by atoms with E-state index in [2.05, 4.69) is 5.32 Å². The molecule has 0 aliphatic carbocycles. The van der Waals surface area contributed by atoms with E-state index in [-0.39, 0.29) is 23.2 Å². The van der Waals surface area contributed by atoms with Gasteiger partial charge in [-0.05, 0) is 43.5 Å². The maximum absolute atomic E-state index is 12.9. The zero-order valence-electron chi connectivity index (χ0n) is 11.5. The third kappa shape index (κ3) is 5.70. The van der Waals surface area contributed by atoms with E-state index < -0.39 is 9.84 Å². The molecule has 0 saturated heterocycles. The average Bonchev–Trinajstić information content (AvgIpc) is 2.39. The largest absolute Gasteiger partial charge is 0.319 e. The molecule has 0 saturated carbocycles. The van der Waals surface area contributed by atoms with E-state index in [0.717, 1.165) is 18.5 Å². The quantitative estimate of drug-likeness (QED) is 0.798. The zero-order valence-corrected chi connectivity index (χ0v) is 12.3. The Hall–Kier alpha value is -0.940. The molecule has 0 aliphatic rings. The van der Waals surface area contributed by atoms with Crippen LogP contribution in [0.2, 0.25) is 0 Å². The fourth-order valence-electron chi connectivity index (χ4n) is 2.06. The molecule has 0 aromatic heterocycles. The van der Waals surface area contributed by atoms with Gasteiger partial charge in [0.25, 0.3) is 0 Å². The van der Waals surface area contributed by atoms with Gasteiger partial charge in [0.2, 0.25) is 0 Å². The monoisotopic (exact) mass is 287 g/mol. The molecule has 19 heavy (non-hydrogen) atoms. The Morgan fingerprint density at radius 3 is 2.42 bits per heavy atom. The number of hydrogen-bond donors (Lipinski definition) is 1. The Morgan fingerprint density at radius 2 is 1.89 bits per heavy atom. The molecule has 1 atom stereocenters. The lowest BCUT2D eigenvalue weighted by Gasteiger charge is -2.17. The summed E-state index contributed by atoms with van der Waals surface area (Å²) < 4.78 is 35.8. The molecule has 1 rings (SSSR count).